The van der Waals surface area contributed by atoms with Crippen molar-refractivity contribution in [2.75, 3.05) is 6.16 Å². The van der Waals surface area contributed by atoms with Crippen LogP contribution in [0.5, 0.6) is 0 Å². The maximum absolute atomic E-state index is 12.1. The van der Waals surface area contributed by atoms with Gasteiger partial charge in [0, 0.05) is 5.41 Å². The van der Waals surface area contributed by atoms with Crippen LogP contribution in [-0.4, -0.2) is 14.6 Å². The Morgan fingerprint density at radius 1 is 0.600 bits per heavy atom. The van der Waals surface area contributed by atoms with Crippen molar-refractivity contribution >= 4 is 39.1 Å². The summed E-state index contributed by atoms with van der Waals surface area (Å²) in [5.41, 5.74) is 3.22. The summed E-state index contributed by atoms with van der Waals surface area (Å²) in [7, 11) is -4.94. The van der Waals surface area contributed by atoms with Gasteiger partial charge in [-0.25, -0.2) is 8.42 Å². The average Bonchev–Trinajstić information content (AvgIpc) is 3.28. The third kappa shape index (κ3) is 6.32. The molecule has 1 heterocycles. The van der Waals surface area contributed by atoms with Crippen LogP contribution in [0.1, 0.15) is 61.6 Å². The van der Waals surface area contributed by atoms with E-state index in [1.165, 1.54) is 71.6 Å². The Labute approximate surface area is 241 Å². The van der Waals surface area contributed by atoms with Gasteiger partial charge in [-0.1, -0.05) is 86.3 Å². The maximum Gasteiger partial charge on any atom is 0.200 e. The number of hydrogen-bond donors (Lipinski definition) is 0. The number of sulfone groups is 1. The van der Waals surface area contributed by atoms with Crippen LogP contribution in [0.25, 0.3) is 6.08 Å². The molecule has 0 fully saturated rings. The third-order valence-corrected chi connectivity index (χ3v) is 14.2. The molecule has 1 aliphatic rings. The highest BCUT2D eigenvalue weighted by atomic mass is 32.2. The molecule has 0 spiro atoms. The van der Waals surface area contributed by atoms with E-state index >= 15 is 0 Å². The zero-order valence-corrected chi connectivity index (χ0v) is 25.2. The highest BCUT2D eigenvalue weighted by molar-refractivity contribution is 7.95. The van der Waals surface area contributed by atoms with Crippen LogP contribution in [0.2, 0.25) is 0 Å². The maximum atomic E-state index is 12.1. The first-order chi connectivity index (χ1) is 19.5. The van der Waals surface area contributed by atoms with Crippen LogP contribution in [0.4, 0.5) is 0 Å². The number of benzene rings is 4. The first-order valence-corrected chi connectivity index (χ1v) is 18.1. The van der Waals surface area contributed by atoms with E-state index in [1.807, 2.05) is 13.0 Å². The predicted octanol–water partition coefficient (Wildman–Crippen LogP) is 8.02. The Morgan fingerprint density at radius 2 is 1.07 bits per heavy atom. The van der Waals surface area contributed by atoms with E-state index < -0.39 is 17.1 Å². The summed E-state index contributed by atoms with van der Waals surface area (Å²) in [4.78, 5) is 0.465. The van der Waals surface area contributed by atoms with Crippen LogP contribution in [0.3, 0.4) is 0 Å². The summed E-state index contributed by atoms with van der Waals surface area (Å²) in [6.45, 7) is 2.03. The second kappa shape index (κ2) is 13.1. The molecule has 2 nitrogen and oxygen atoms in total. The number of aryl methyl sites for hydroxylation is 2. The average molecular weight is 568 g/mol. The van der Waals surface area contributed by atoms with Gasteiger partial charge in [0.15, 0.2) is 9.84 Å². The highest BCUT2D eigenvalue weighted by Crippen LogP contribution is 2.56. The molecule has 0 N–H and O–H groups in total. The molecule has 206 valence electrons. The molecule has 0 radical (unpaired) electrons. The Kier molecular flexibility index (Phi) is 9.35. The molecule has 0 aromatic heterocycles. The van der Waals surface area contributed by atoms with Crippen LogP contribution in [-0.2, 0) is 16.3 Å². The van der Waals surface area contributed by atoms with Gasteiger partial charge in [-0.3, -0.25) is 0 Å². The first-order valence-electron chi connectivity index (χ1n) is 14.6. The lowest BCUT2D eigenvalue weighted by molar-refractivity contribution is 0.589. The summed E-state index contributed by atoms with van der Waals surface area (Å²) in [5.74, 6) is 0. The summed E-state index contributed by atoms with van der Waals surface area (Å²) in [6.07, 6.45) is 12.6. The van der Waals surface area contributed by atoms with Gasteiger partial charge >= 0.3 is 0 Å². The quantitative estimate of drug-likeness (QED) is 0.121. The lowest BCUT2D eigenvalue weighted by Crippen LogP contribution is -2.33. The highest BCUT2D eigenvalue weighted by Gasteiger charge is 2.44. The molecule has 0 unspecified atom stereocenters. The summed E-state index contributed by atoms with van der Waals surface area (Å²) < 4.78 is 24.2. The van der Waals surface area contributed by atoms with Crippen LogP contribution >= 0.6 is 7.26 Å². The fourth-order valence-corrected chi connectivity index (χ4v) is 11.7. The molecule has 0 bridgehead atoms. The van der Waals surface area contributed by atoms with Crippen molar-refractivity contribution in [1.29, 1.82) is 0 Å². The Morgan fingerprint density at radius 3 is 1.60 bits per heavy atom. The Hall–Kier alpha value is -3.00. The van der Waals surface area contributed by atoms with Crippen molar-refractivity contribution in [3.8, 4) is 0 Å². The minimum atomic E-state index is -3.22. The van der Waals surface area contributed by atoms with Gasteiger partial charge in [0.1, 0.15) is 23.2 Å². The largest absolute Gasteiger partial charge is 0.219 e. The monoisotopic (exact) mass is 567 g/mol. The zero-order chi connectivity index (χ0) is 27.8. The van der Waals surface area contributed by atoms with Crippen molar-refractivity contribution in [3.63, 3.8) is 0 Å². The fourth-order valence-electron chi connectivity index (χ4n) is 6.06. The van der Waals surface area contributed by atoms with E-state index in [4.69, 9.17) is 0 Å². The first kappa shape index (κ1) is 28.5. The van der Waals surface area contributed by atoms with Crippen molar-refractivity contribution < 1.29 is 8.42 Å². The second-order valence-electron chi connectivity index (χ2n) is 10.9. The molecule has 1 aliphatic heterocycles. The predicted molar refractivity (Wildman–Crippen MR) is 173 cm³/mol. The van der Waals surface area contributed by atoms with Gasteiger partial charge in [0.2, 0.25) is 0 Å². The van der Waals surface area contributed by atoms with Gasteiger partial charge in [0.05, 0.1) is 11.1 Å². The van der Waals surface area contributed by atoms with E-state index in [2.05, 4.69) is 97.1 Å². The van der Waals surface area contributed by atoms with E-state index in [1.54, 1.807) is 6.08 Å². The Balaban J connectivity index is 1.14. The molecule has 4 aromatic carbocycles. The van der Waals surface area contributed by atoms with Gasteiger partial charge < -0.3 is 0 Å². The van der Waals surface area contributed by atoms with Crippen molar-refractivity contribution in [1.82, 2.24) is 0 Å². The van der Waals surface area contributed by atoms with Gasteiger partial charge in [0.25, 0.3) is 0 Å². The van der Waals surface area contributed by atoms with E-state index in [0.29, 0.717) is 4.90 Å². The third-order valence-electron chi connectivity index (χ3n) is 8.23. The van der Waals surface area contributed by atoms with Gasteiger partial charge in [-0.15, -0.1) is 0 Å². The van der Waals surface area contributed by atoms with E-state index in [0.717, 1.165) is 24.0 Å². The smallest absolute Gasteiger partial charge is 0.200 e. The Bertz CT molecular complexity index is 1430. The fraction of sp³-hybridized carbons (Fsp3) is 0.278. The van der Waals surface area contributed by atoms with Crippen molar-refractivity contribution in [3.05, 3.63) is 125 Å². The van der Waals surface area contributed by atoms with Gasteiger partial charge in [-0.2, -0.15) is 0 Å². The number of hydrogen-bond acceptors (Lipinski definition) is 2. The minimum absolute atomic E-state index is 0.465. The van der Waals surface area contributed by atoms with Crippen molar-refractivity contribution in [2.45, 2.75) is 63.2 Å². The molecule has 0 aliphatic carbocycles. The normalized spacial score (nSPS) is 13.8. The van der Waals surface area contributed by atoms with Crippen LogP contribution in [0, 0.1) is 6.92 Å². The number of rotatable bonds is 13. The molecule has 0 saturated carbocycles. The molecular formula is C36H40O2PS+. The molecule has 5 rings (SSSR count). The van der Waals surface area contributed by atoms with Crippen LogP contribution in [0.15, 0.2) is 113 Å². The standard InChI is InChI=1S/C36H40O2PS/c1-30-28-36-32(25-27-40(36,37)38)29-31(30)18-10-5-3-2-4-6-17-26-39(33-19-11-7-12-20-33,34-21-13-8-14-22-34)35-23-15-9-16-24-35/h7-9,11-16,19-25,27-29H,2-6,10,17-18,26H2,1H3/q+1. The SMILES string of the molecule is Cc1cc2c(cc1CCCCCCCCC[P+](c1ccccc1)(c1ccccc1)c1ccccc1)C=CS2(=O)=O. The lowest BCUT2D eigenvalue weighted by atomic mass is 9.99. The van der Waals surface area contributed by atoms with E-state index in [-0.39, 0.29) is 0 Å². The number of unbranched alkanes of at least 4 members (excludes halogenated alkanes) is 6. The molecule has 4 heteroatoms. The minimum Gasteiger partial charge on any atom is -0.219 e. The van der Waals surface area contributed by atoms with Crippen molar-refractivity contribution in [2.24, 2.45) is 0 Å². The number of fused-ring (bicyclic) bond motifs is 1. The summed E-state index contributed by atoms with van der Waals surface area (Å²) in [6, 6.07) is 37.5. The molecule has 4 aromatic rings. The molecular weight excluding hydrogens is 527 g/mol. The zero-order valence-electron chi connectivity index (χ0n) is 23.5. The summed E-state index contributed by atoms with van der Waals surface area (Å²) in [5, 5.41) is 5.75. The molecule has 40 heavy (non-hydrogen) atoms. The molecule has 0 atom stereocenters. The topological polar surface area (TPSA) is 34.1 Å². The van der Waals surface area contributed by atoms with E-state index in [9.17, 15) is 8.42 Å². The second-order valence-corrected chi connectivity index (χ2v) is 16.3. The molecule has 0 amide bonds. The molecule has 0 saturated heterocycles. The van der Waals surface area contributed by atoms with Crippen LogP contribution < -0.4 is 15.9 Å². The van der Waals surface area contributed by atoms with Gasteiger partial charge in [-0.05, 0) is 97.8 Å². The summed E-state index contributed by atoms with van der Waals surface area (Å²) >= 11 is 0. The lowest BCUT2D eigenvalue weighted by Gasteiger charge is -2.27.